The number of hydrogen-bond donors (Lipinski definition) is 1. The third-order valence-corrected chi connectivity index (χ3v) is 6.03. The molecule has 6 nitrogen and oxygen atoms in total. The molecule has 0 saturated carbocycles. The second kappa shape index (κ2) is 10.1. The van der Waals surface area contributed by atoms with Crippen LogP contribution in [0.4, 0.5) is 9.18 Å². The first-order chi connectivity index (χ1) is 16.4. The molecule has 4 rings (SSSR count). The lowest BCUT2D eigenvalue weighted by molar-refractivity contribution is -0.123. The maximum atomic E-state index is 14.0. The summed E-state index contributed by atoms with van der Waals surface area (Å²) in [5.74, 6) is -0.0183. The summed E-state index contributed by atoms with van der Waals surface area (Å²) in [5.41, 5.74) is 3.13. The fourth-order valence-electron chi connectivity index (χ4n) is 3.45. The van der Waals surface area contributed by atoms with Crippen molar-refractivity contribution in [2.45, 2.75) is 20.1 Å². The van der Waals surface area contributed by atoms with Crippen LogP contribution in [0.5, 0.6) is 11.5 Å². The summed E-state index contributed by atoms with van der Waals surface area (Å²) in [6, 6.07) is 16.9. The summed E-state index contributed by atoms with van der Waals surface area (Å²) in [6.07, 6.45) is 1.54. The van der Waals surface area contributed by atoms with Crippen molar-refractivity contribution < 1.29 is 23.5 Å². The average Bonchev–Trinajstić information content (AvgIpc) is 3.08. The van der Waals surface area contributed by atoms with Gasteiger partial charge in [-0.05, 0) is 42.3 Å². The van der Waals surface area contributed by atoms with Crippen LogP contribution in [0.3, 0.4) is 0 Å². The molecule has 0 radical (unpaired) electrons. The van der Waals surface area contributed by atoms with E-state index in [0.717, 1.165) is 10.5 Å². The number of hydrogen-bond acceptors (Lipinski definition) is 4. The van der Waals surface area contributed by atoms with Gasteiger partial charge in [-0.15, -0.1) is 0 Å². The van der Waals surface area contributed by atoms with Crippen molar-refractivity contribution in [3.05, 3.63) is 98.9 Å². The quantitative estimate of drug-likeness (QED) is 0.323. The largest absolute Gasteiger partial charge is 0.493 e. The van der Waals surface area contributed by atoms with Crippen LogP contribution < -0.4 is 14.8 Å². The van der Waals surface area contributed by atoms with Crippen LogP contribution in [0.25, 0.3) is 6.08 Å². The maximum Gasteiger partial charge on any atom is 0.329 e. The molecule has 8 heteroatoms. The fourth-order valence-corrected chi connectivity index (χ4v) is 3.88. The second-order valence-corrected chi connectivity index (χ2v) is 8.62. The monoisotopic (exact) mass is 524 g/mol. The van der Waals surface area contributed by atoms with E-state index in [1.54, 1.807) is 24.3 Å². The molecule has 3 aromatic carbocycles. The highest BCUT2D eigenvalue weighted by molar-refractivity contribution is 9.10. The third-order valence-electron chi connectivity index (χ3n) is 5.35. The lowest BCUT2D eigenvalue weighted by atomic mass is 10.1. The molecular weight excluding hydrogens is 503 g/mol. The summed E-state index contributed by atoms with van der Waals surface area (Å²) in [4.78, 5) is 26.2. The maximum absolute atomic E-state index is 14.0. The number of ether oxygens (including phenoxy) is 2. The van der Waals surface area contributed by atoms with Gasteiger partial charge in [0.25, 0.3) is 5.91 Å². The summed E-state index contributed by atoms with van der Waals surface area (Å²) < 4.78 is 26.0. The SMILES string of the molecule is COc1cc(/C=C2/NC(=O)N(Cc3ccccc3F)C2=O)c(Br)cc1OCc1ccc(C)cc1. The topological polar surface area (TPSA) is 67.9 Å². The number of carbonyl (C=O) groups excluding carboxylic acids is 2. The Bertz CT molecular complexity index is 1270. The number of benzene rings is 3. The number of amides is 3. The Labute approximate surface area is 205 Å². The predicted octanol–water partition coefficient (Wildman–Crippen LogP) is 5.58. The molecule has 1 heterocycles. The molecule has 0 atom stereocenters. The van der Waals surface area contributed by atoms with Crippen molar-refractivity contribution in [2.75, 3.05) is 7.11 Å². The average molecular weight is 525 g/mol. The van der Waals surface area contributed by atoms with Crippen LogP contribution in [0.2, 0.25) is 0 Å². The number of halogens is 2. The number of aryl methyl sites for hydroxylation is 1. The highest BCUT2D eigenvalue weighted by atomic mass is 79.9. The first-order valence-corrected chi connectivity index (χ1v) is 11.3. The predicted molar refractivity (Wildman–Crippen MR) is 130 cm³/mol. The van der Waals surface area contributed by atoms with E-state index in [1.807, 2.05) is 31.2 Å². The normalized spacial score (nSPS) is 14.5. The van der Waals surface area contributed by atoms with Gasteiger partial charge in [-0.1, -0.05) is 64.0 Å². The van der Waals surface area contributed by atoms with E-state index in [4.69, 9.17) is 9.47 Å². The molecule has 3 amide bonds. The van der Waals surface area contributed by atoms with E-state index in [-0.39, 0.29) is 17.8 Å². The number of methoxy groups -OCH3 is 1. The van der Waals surface area contributed by atoms with E-state index in [9.17, 15) is 14.0 Å². The zero-order valence-electron chi connectivity index (χ0n) is 18.6. The minimum atomic E-state index is -0.611. The Balaban J connectivity index is 1.54. The van der Waals surface area contributed by atoms with Crippen molar-refractivity contribution in [3.8, 4) is 11.5 Å². The smallest absolute Gasteiger partial charge is 0.329 e. The third kappa shape index (κ3) is 5.12. The molecular formula is C26H22BrFN2O4. The Morgan fingerprint density at radius 1 is 1.06 bits per heavy atom. The van der Waals surface area contributed by atoms with Crippen molar-refractivity contribution in [1.29, 1.82) is 0 Å². The zero-order chi connectivity index (χ0) is 24.2. The van der Waals surface area contributed by atoms with Gasteiger partial charge in [0.15, 0.2) is 11.5 Å². The second-order valence-electron chi connectivity index (χ2n) is 7.77. The van der Waals surface area contributed by atoms with Gasteiger partial charge < -0.3 is 14.8 Å². The van der Waals surface area contributed by atoms with Gasteiger partial charge in [0.05, 0.1) is 13.7 Å². The Morgan fingerprint density at radius 3 is 2.50 bits per heavy atom. The van der Waals surface area contributed by atoms with E-state index in [2.05, 4.69) is 21.2 Å². The van der Waals surface area contributed by atoms with Gasteiger partial charge in [-0.2, -0.15) is 0 Å². The summed E-state index contributed by atoms with van der Waals surface area (Å²) in [5, 5.41) is 2.56. The lowest BCUT2D eigenvalue weighted by Gasteiger charge is -2.13. The van der Waals surface area contributed by atoms with Crippen molar-refractivity contribution in [1.82, 2.24) is 10.2 Å². The van der Waals surface area contributed by atoms with Crippen LogP contribution in [-0.4, -0.2) is 23.9 Å². The standard InChI is InChI=1S/C26H22BrFN2O4/c1-16-7-9-17(10-8-16)15-34-24-13-20(27)19(12-23(24)33-2)11-22-25(31)30(26(32)29-22)14-18-5-3-4-6-21(18)28/h3-13H,14-15H2,1-2H3,(H,29,32)/b22-11+. The molecule has 174 valence electrons. The molecule has 0 aliphatic carbocycles. The van der Waals surface area contributed by atoms with E-state index >= 15 is 0 Å². The molecule has 1 fully saturated rings. The number of rotatable bonds is 7. The Morgan fingerprint density at radius 2 is 1.79 bits per heavy atom. The van der Waals surface area contributed by atoms with Crippen molar-refractivity contribution >= 4 is 33.9 Å². The van der Waals surface area contributed by atoms with Crippen LogP contribution in [-0.2, 0) is 17.9 Å². The molecule has 34 heavy (non-hydrogen) atoms. The summed E-state index contributed by atoms with van der Waals surface area (Å²) in [7, 11) is 1.53. The number of imide groups is 1. The molecule has 0 unspecified atom stereocenters. The molecule has 1 saturated heterocycles. The van der Waals surface area contributed by atoms with Gasteiger partial charge in [0, 0.05) is 10.0 Å². The number of carbonyl (C=O) groups is 2. The zero-order valence-corrected chi connectivity index (χ0v) is 20.2. The van der Waals surface area contributed by atoms with Gasteiger partial charge in [-0.25, -0.2) is 9.18 Å². The van der Waals surface area contributed by atoms with Crippen LogP contribution in [0.15, 0.2) is 70.8 Å². The van der Waals surface area contributed by atoms with Gasteiger partial charge >= 0.3 is 6.03 Å². The van der Waals surface area contributed by atoms with E-state index < -0.39 is 17.8 Å². The van der Waals surface area contributed by atoms with Gasteiger partial charge in [-0.3, -0.25) is 9.69 Å². The molecule has 1 N–H and O–H groups in total. The molecule has 1 aliphatic rings. The first-order valence-electron chi connectivity index (χ1n) is 10.5. The molecule has 0 aromatic heterocycles. The molecule has 1 aliphatic heterocycles. The van der Waals surface area contributed by atoms with E-state index in [0.29, 0.717) is 28.1 Å². The lowest BCUT2D eigenvalue weighted by Crippen LogP contribution is -2.30. The molecule has 0 bridgehead atoms. The minimum absolute atomic E-state index is 0.0809. The first kappa shape index (κ1) is 23.5. The van der Waals surface area contributed by atoms with Crippen LogP contribution in [0, 0.1) is 12.7 Å². The summed E-state index contributed by atoms with van der Waals surface area (Å²) >= 11 is 3.50. The van der Waals surface area contributed by atoms with Crippen molar-refractivity contribution in [2.24, 2.45) is 0 Å². The Kier molecular flexibility index (Phi) is 6.98. The number of urea groups is 1. The number of nitrogens with zero attached hydrogens (tertiary/aromatic N) is 1. The van der Waals surface area contributed by atoms with Crippen molar-refractivity contribution in [3.63, 3.8) is 0 Å². The van der Waals surface area contributed by atoms with Gasteiger partial charge in [0.1, 0.15) is 18.1 Å². The number of nitrogens with one attached hydrogen (secondary N) is 1. The highest BCUT2D eigenvalue weighted by Gasteiger charge is 2.34. The van der Waals surface area contributed by atoms with Gasteiger partial charge in [0.2, 0.25) is 0 Å². The highest BCUT2D eigenvalue weighted by Crippen LogP contribution is 2.35. The molecule has 0 spiro atoms. The van der Waals surface area contributed by atoms with Crippen LogP contribution >= 0.6 is 15.9 Å². The van der Waals surface area contributed by atoms with E-state index in [1.165, 1.54) is 30.9 Å². The minimum Gasteiger partial charge on any atom is -0.493 e. The fraction of sp³-hybridized carbons (Fsp3) is 0.154. The molecule has 3 aromatic rings. The summed E-state index contributed by atoms with van der Waals surface area (Å²) in [6.45, 7) is 2.22. The van der Waals surface area contributed by atoms with Crippen LogP contribution in [0.1, 0.15) is 22.3 Å². The Hall–Kier alpha value is -3.65.